The Hall–Kier alpha value is -3.19. The molecule has 0 spiro atoms. The fraction of sp³-hybridized carbons (Fsp3) is 0.375. The monoisotopic (exact) mass is 655 g/mol. The molecule has 246 valence electrons. The van der Waals surface area contributed by atoms with Crippen molar-refractivity contribution in [1.29, 1.82) is 0 Å². The molecule has 46 heavy (non-hydrogen) atoms. The molecule has 1 aliphatic rings. The van der Waals surface area contributed by atoms with Gasteiger partial charge in [0.05, 0.1) is 0 Å². The third-order valence-electron chi connectivity index (χ3n) is 7.92. The number of hydrogen-bond acceptors (Lipinski definition) is 5. The summed E-state index contributed by atoms with van der Waals surface area (Å²) in [6.07, 6.45) is 8.67. The highest BCUT2D eigenvalue weighted by Gasteiger charge is 2.25. The summed E-state index contributed by atoms with van der Waals surface area (Å²) in [5.41, 5.74) is 6.02. The number of piperidine rings is 1. The molecule has 0 saturated carbocycles. The average Bonchev–Trinajstić information content (AvgIpc) is 3.07. The highest BCUT2D eigenvalue weighted by molar-refractivity contribution is 7.99. The third-order valence-corrected chi connectivity index (χ3v) is 9.71. The standard InChI is InChI=1S/C38H47N3OS2.C2H6/c1-6-31(13-12-30(2)3)28-40(26-27-43-35-10-8-7-9-11-35)29-32-14-20-36(21-15-32)44-39-37(42)33-16-18-34(19-17-33)41-24-22-38(4,5)23-25-41;1-2/h6-21H,1,22-29H2,2-5H3,(H,39,42);1-2H3/b31-13+;. The van der Waals surface area contributed by atoms with Crippen LogP contribution in [0.15, 0.2) is 125 Å². The Kier molecular flexibility index (Phi) is 15.8. The molecular weight excluding hydrogens is 603 g/mol. The number of carbonyl (C=O) groups excluding carboxylic acids is 1. The van der Waals surface area contributed by atoms with Gasteiger partial charge in [-0.05, 0) is 104 Å². The molecule has 3 aromatic rings. The first-order valence-corrected chi connectivity index (χ1v) is 18.3. The molecule has 0 aliphatic carbocycles. The van der Waals surface area contributed by atoms with E-state index in [2.05, 4.69) is 128 Å². The van der Waals surface area contributed by atoms with E-state index in [1.54, 1.807) is 0 Å². The first-order chi connectivity index (χ1) is 22.2. The number of nitrogens with zero attached hydrogens (tertiary/aromatic N) is 2. The average molecular weight is 656 g/mol. The number of nitrogens with one attached hydrogen (secondary N) is 1. The van der Waals surface area contributed by atoms with E-state index in [1.807, 2.05) is 43.8 Å². The molecule has 0 atom stereocenters. The summed E-state index contributed by atoms with van der Waals surface area (Å²) in [7, 11) is 0. The number of allylic oxidation sites excluding steroid dienone is 3. The number of hydrogen-bond donors (Lipinski definition) is 1. The normalized spacial score (nSPS) is 14.2. The van der Waals surface area contributed by atoms with E-state index in [1.165, 1.54) is 52.1 Å². The quantitative estimate of drug-likeness (QED) is 0.106. The lowest BCUT2D eigenvalue weighted by Gasteiger charge is -2.38. The third kappa shape index (κ3) is 12.9. The van der Waals surface area contributed by atoms with Crippen molar-refractivity contribution in [1.82, 2.24) is 9.62 Å². The fourth-order valence-corrected chi connectivity index (χ4v) is 6.56. The number of rotatable bonds is 14. The van der Waals surface area contributed by atoms with Crippen LogP contribution in [0.25, 0.3) is 0 Å². The summed E-state index contributed by atoms with van der Waals surface area (Å²) in [5, 5.41) is 0. The zero-order valence-corrected chi connectivity index (χ0v) is 30.4. The highest BCUT2D eigenvalue weighted by Crippen LogP contribution is 2.32. The van der Waals surface area contributed by atoms with Crippen LogP contribution in [0.4, 0.5) is 5.69 Å². The summed E-state index contributed by atoms with van der Waals surface area (Å²) in [4.78, 5) is 20.1. The van der Waals surface area contributed by atoms with Gasteiger partial charge in [0.1, 0.15) is 0 Å². The van der Waals surface area contributed by atoms with Crippen molar-refractivity contribution >= 4 is 35.3 Å². The maximum Gasteiger partial charge on any atom is 0.261 e. The molecule has 4 rings (SSSR count). The molecule has 1 amide bonds. The molecule has 0 aromatic heterocycles. The van der Waals surface area contributed by atoms with Gasteiger partial charge in [0.25, 0.3) is 5.91 Å². The van der Waals surface area contributed by atoms with E-state index < -0.39 is 0 Å². The molecule has 1 N–H and O–H groups in total. The van der Waals surface area contributed by atoms with Gasteiger partial charge in [0.15, 0.2) is 0 Å². The molecule has 1 saturated heterocycles. The number of thioether (sulfide) groups is 1. The zero-order chi connectivity index (χ0) is 33.4. The number of benzene rings is 3. The number of amides is 1. The second kappa shape index (κ2) is 19.5. The van der Waals surface area contributed by atoms with Crippen LogP contribution in [0, 0.1) is 5.41 Å². The van der Waals surface area contributed by atoms with Crippen LogP contribution in [-0.2, 0) is 6.54 Å². The van der Waals surface area contributed by atoms with Crippen LogP contribution in [0.1, 0.15) is 70.3 Å². The Morgan fingerprint density at radius 1 is 0.913 bits per heavy atom. The Morgan fingerprint density at radius 2 is 1.57 bits per heavy atom. The number of carbonyl (C=O) groups is 1. The second-order valence-corrected chi connectivity index (χ2v) is 14.5. The minimum atomic E-state index is -0.0763. The lowest BCUT2D eigenvalue weighted by Crippen LogP contribution is -2.37. The molecule has 1 heterocycles. The van der Waals surface area contributed by atoms with Gasteiger partial charge < -0.3 is 4.90 Å². The van der Waals surface area contributed by atoms with Crippen molar-refractivity contribution < 1.29 is 4.79 Å². The number of anilines is 1. The first kappa shape index (κ1) is 37.3. The van der Waals surface area contributed by atoms with Crippen LogP contribution in [0.3, 0.4) is 0 Å². The van der Waals surface area contributed by atoms with E-state index in [0.717, 1.165) is 43.4 Å². The van der Waals surface area contributed by atoms with Crippen molar-refractivity contribution in [3.05, 3.63) is 126 Å². The molecule has 6 heteroatoms. The van der Waals surface area contributed by atoms with E-state index in [0.29, 0.717) is 11.0 Å². The SMILES string of the molecule is C=C/C(=C\C=C(C)C)CN(CCSc1ccccc1)Cc1ccc(SNC(=O)c2ccc(N3CCC(C)(C)CC3)cc2)cc1.CC. The van der Waals surface area contributed by atoms with Crippen molar-refractivity contribution in [3.63, 3.8) is 0 Å². The lowest BCUT2D eigenvalue weighted by molar-refractivity contribution is 0.0984. The lowest BCUT2D eigenvalue weighted by atomic mass is 9.82. The summed E-state index contributed by atoms with van der Waals surface area (Å²) in [5.74, 6) is 0.932. The van der Waals surface area contributed by atoms with Crippen molar-refractivity contribution in [3.8, 4) is 0 Å². The fourth-order valence-electron chi connectivity index (χ4n) is 5.02. The van der Waals surface area contributed by atoms with Crippen molar-refractivity contribution in [2.75, 3.05) is 36.8 Å². The van der Waals surface area contributed by atoms with Crippen LogP contribution in [-0.4, -0.2) is 42.7 Å². The Morgan fingerprint density at radius 3 is 2.17 bits per heavy atom. The van der Waals surface area contributed by atoms with Gasteiger partial charge in [-0.1, -0.05) is 88.4 Å². The van der Waals surface area contributed by atoms with Crippen LogP contribution >= 0.6 is 23.7 Å². The van der Waals surface area contributed by atoms with E-state index >= 15 is 0 Å². The van der Waals surface area contributed by atoms with Crippen molar-refractivity contribution in [2.24, 2.45) is 5.41 Å². The molecule has 3 aromatic carbocycles. The van der Waals surface area contributed by atoms with Crippen LogP contribution in [0.5, 0.6) is 0 Å². The zero-order valence-electron chi connectivity index (χ0n) is 28.7. The van der Waals surface area contributed by atoms with E-state index in [-0.39, 0.29) is 5.91 Å². The highest BCUT2D eigenvalue weighted by atomic mass is 32.2. The second-order valence-electron chi connectivity index (χ2n) is 12.4. The minimum Gasteiger partial charge on any atom is -0.371 e. The maximum absolute atomic E-state index is 12.9. The van der Waals surface area contributed by atoms with E-state index in [4.69, 9.17) is 0 Å². The molecule has 0 unspecified atom stereocenters. The van der Waals surface area contributed by atoms with Crippen LogP contribution in [0.2, 0.25) is 0 Å². The molecule has 4 nitrogen and oxygen atoms in total. The molecule has 0 radical (unpaired) electrons. The smallest absolute Gasteiger partial charge is 0.261 e. The summed E-state index contributed by atoms with van der Waals surface area (Å²) in [6.45, 7) is 21.7. The predicted molar refractivity (Wildman–Crippen MR) is 203 cm³/mol. The van der Waals surface area contributed by atoms with Gasteiger partial charge in [-0.3, -0.25) is 14.4 Å². The van der Waals surface area contributed by atoms with Crippen LogP contribution < -0.4 is 9.62 Å². The topological polar surface area (TPSA) is 35.6 Å². The van der Waals surface area contributed by atoms with Gasteiger partial charge in [-0.15, -0.1) is 11.8 Å². The Balaban J connectivity index is 0.00000282. The van der Waals surface area contributed by atoms with Gasteiger partial charge in [0.2, 0.25) is 0 Å². The van der Waals surface area contributed by atoms with Gasteiger partial charge in [-0.2, -0.15) is 0 Å². The van der Waals surface area contributed by atoms with Crippen molar-refractivity contribution in [2.45, 2.75) is 70.7 Å². The maximum atomic E-state index is 12.9. The molecule has 1 aliphatic heterocycles. The summed E-state index contributed by atoms with van der Waals surface area (Å²) < 4.78 is 3.01. The summed E-state index contributed by atoms with van der Waals surface area (Å²) >= 11 is 3.25. The van der Waals surface area contributed by atoms with E-state index in [9.17, 15) is 4.79 Å². The summed E-state index contributed by atoms with van der Waals surface area (Å²) in [6, 6.07) is 27.1. The Bertz CT molecular complexity index is 1400. The Labute approximate surface area is 287 Å². The molecule has 1 fully saturated rings. The van der Waals surface area contributed by atoms with Gasteiger partial charge in [0, 0.05) is 59.5 Å². The largest absolute Gasteiger partial charge is 0.371 e. The van der Waals surface area contributed by atoms with Gasteiger partial charge in [-0.25, -0.2) is 0 Å². The minimum absolute atomic E-state index is 0.0763. The molecular formula is C40H53N3OS2. The van der Waals surface area contributed by atoms with Gasteiger partial charge >= 0.3 is 0 Å². The molecule has 0 bridgehead atoms. The predicted octanol–water partition coefficient (Wildman–Crippen LogP) is 10.4. The first-order valence-electron chi connectivity index (χ1n) is 16.5.